The molecule has 0 bridgehead atoms. The fourth-order valence-electron chi connectivity index (χ4n) is 2.45. The van der Waals surface area contributed by atoms with Crippen LogP contribution in [0, 0.1) is 0 Å². The predicted octanol–water partition coefficient (Wildman–Crippen LogP) is 5.64. The van der Waals surface area contributed by atoms with Crippen molar-refractivity contribution >= 4 is 5.97 Å². The molecule has 0 aliphatic rings. The van der Waals surface area contributed by atoms with Gasteiger partial charge in [0.15, 0.2) is 0 Å². The van der Waals surface area contributed by atoms with E-state index in [9.17, 15) is 4.79 Å². The van der Waals surface area contributed by atoms with E-state index in [1.807, 2.05) is 0 Å². The first-order valence-electron chi connectivity index (χ1n) is 8.37. The zero-order valence-corrected chi connectivity index (χ0v) is 13.4. The summed E-state index contributed by atoms with van der Waals surface area (Å²) in [6.07, 6.45) is 15.1. The minimum Gasteiger partial charge on any atom is -0.463 e. The Balaban J connectivity index is 3.64. The van der Waals surface area contributed by atoms with Crippen molar-refractivity contribution in [3.63, 3.8) is 0 Å². The van der Waals surface area contributed by atoms with Crippen LogP contribution in [0.25, 0.3) is 0 Å². The van der Waals surface area contributed by atoms with Crippen LogP contribution in [0.2, 0.25) is 0 Å². The molecule has 114 valence electrons. The molecular weight excluding hydrogens is 236 g/mol. The van der Waals surface area contributed by atoms with Crippen molar-refractivity contribution in [2.24, 2.45) is 0 Å². The minimum atomic E-state index is -0.119. The molecule has 0 rings (SSSR count). The predicted molar refractivity (Wildman–Crippen MR) is 82.3 cm³/mol. The van der Waals surface area contributed by atoms with Crippen LogP contribution in [0.15, 0.2) is 0 Å². The monoisotopic (exact) mass is 270 g/mol. The van der Waals surface area contributed by atoms with Crippen LogP contribution >= 0.6 is 0 Å². The Morgan fingerprint density at radius 2 is 1.21 bits per heavy atom. The average Bonchev–Trinajstić information content (AvgIpc) is 2.37. The maximum Gasteiger partial charge on any atom is 0.302 e. The van der Waals surface area contributed by atoms with Crippen LogP contribution in [0.1, 0.15) is 97.8 Å². The molecule has 0 radical (unpaired) electrons. The second kappa shape index (κ2) is 13.9. The summed E-state index contributed by atoms with van der Waals surface area (Å²) in [7, 11) is 0. The standard InChI is InChI=1S/C17H34O2/c1-4-6-8-10-11-13-15-17(19-16(3)18)14-12-9-7-5-2/h17H,4-15H2,1-3H3. The van der Waals surface area contributed by atoms with Gasteiger partial charge in [-0.05, 0) is 25.7 Å². The highest BCUT2D eigenvalue weighted by Gasteiger charge is 2.11. The van der Waals surface area contributed by atoms with Crippen molar-refractivity contribution in [3.05, 3.63) is 0 Å². The summed E-state index contributed by atoms with van der Waals surface area (Å²) in [5.41, 5.74) is 0. The highest BCUT2D eigenvalue weighted by molar-refractivity contribution is 5.66. The van der Waals surface area contributed by atoms with Gasteiger partial charge >= 0.3 is 5.97 Å². The smallest absolute Gasteiger partial charge is 0.302 e. The van der Waals surface area contributed by atoms with E-state index in [0.717, 1.165) is 12.8 Å². The maximum atomic E-state index is 11.1. The molecular formula is C17H34O2. The summed E-state index contributed by atoms with van der Waals surface area (Å²) < 4.78 is 5.42. The highest BCUT2D eigenvalue weighted by Crippen LogP contribution is 2.16. The molecule has 19 heavy (non-hydrogen) atoms. The van der Waals surface area contributed by atoms with Gasteiger partial charge in [-0.3, -0.25) is 4.79 Å². The first kappa shape index (κ1) is 18.5. The Kier molecular flexibility index (Phi) is 13.5. The van der Waals surface area contributed by atoms with Crippen molar-refractivity contribution < 1.29 is 9.53 Å². The molecule has 1 atom stereocenters. The van der Waals surface area contributed by atoms with E-state index in [2.05, 4.69) is 13.8 Å². The van der Waals surface area contributed by atoms with Gasteiger partial charge in [-0.25, -0.2) is 0 Å². The first-order valence-corrected chi connectivity index (χ1v) is 8.37. The number of hydrogen-bond donors (Lipinski definition) is 0. The number of carbonyl (C=O) groups excluding carboxylic acids is 1. The molecule has 0 aliphatic heterocycles. The third-order valence-corrected chi connectivity index (χ3v) is 3.59. The number of unbranched alkanes of at least 4 members (excludes halogenated alkanes) is 8. The van der Waals surface area contributed by atoms with Crippen LogP contribution in [0.4, 0.5) is 0 Å². The molecule has 0 aliphatic carbocycles. The van der Waals surface area contributed by atoms with Gasteiger partial charge in [0.25, 0.3) is 0 Å². The SMILES string of the molecule is CCCCCCCCC(CCCCCC)OC(C)=O. The summed E-state index contributed by atoms with van der Waals surface area (Å²) in [6, 6.07) is 0. The quantitative estimate of drug-likeness (QED) is 0.320. The van der Waals surface area contributed by atoms with E-state index in [4.69, 9.17) is 4.74 Å². The van der Waals surface area contributed by atoms with Crippen LogP contribution in [-0.2, 0) is 9.53 Å². The van der Waals surface area contributed by atoms with Gasteiger partial charge in [-0.2, -0.15) is 0 Å². The molecule has 2 nitrogen and oxygen atoms in total. The summed E-state index contributed by atoms with van der Waals surface area (Å²) in [4.78, 5) is 11.1. The molecule has 0 fully saturated rings. The van der Waals surface area contributed by atoms with Gasteiger partial charge in [0.1, 0.15) is 6.10 Å². The lowest BCUT2D eigenvalue weighted by atomic mass is 10.0. The van der Waals surface area contributed by atoms with Crippen LogP contribution in [0.5, 0.6) is 0 Å². The van der Waals surface area contributed by atoms with Crippen molar-refractivity contribution in [2.75, 3.05) is 0 Å². The largest absolute Gasteiger partial charge is 0.463 e. The number of esters is 1. The maximum absolute atomic E-state index is 11.1. The molecule has 0 spiro atoms. The summed E-state index contributed by atoms with van der Waals surface area (Å²) >= 11 is 0. The van der Waals surface area contributed by atoms with E-state index in [1.54, 1.807) is 0 Å². The second-order valence-electron chi connectivity index (χ2n) is 5.64. The summed E-state index contributed by atoms with van der Waals surface area (Å²) in [5, 5.41) is 0. The van der Waals surface area contributed by atoms with Gasteiger partial charge in [0.2, 0.25) is 0 Å². The number of carbonyl (C=O) groups is 1. The Bertz CT molecular complexity index is 201. The Morgan fingerprint density at radius 3 is 1.68 bits per heavy atom. The first-order chi connectivity index (χ1) is 9.20. The topological polar surface area (TPSA) is 26.3 Å². The fourth-order valence-corrected chi connectivity index (χ4v) is 2.45. The summed E-state index contributed by atoms with van der Waals surface area (Å²) in [6.45, 7) is 5.99. The normalized spacial score (nSPS) is 12.4. The van der Waals surface area contributed by atoms with Gasteiger partial charge in [-0.1, -0.05) is 65.2 Å². The lowest BCUT2D eigenvalue weighted by Gasteiger charge is -2.16. The molecule has 0 saturated carbocycles. The molecule has 0 aromatic carbocycles. The minimum absolute atomic E-state index is 0.119. The molecule has 0 amide bonds. The van der Waals surface area contributed by atoms with E-state index < -0.39 is 0 Å². The van der Waals surface area contributed by atoms with Crippen molar-refractivity contribution in [2.45, 2.75) is 104 Å². The van der Waals surface area contributed by atoms with Crippen molar-refractivity contribution in [3.8, 4) is 0 Å². The zero-order valence-electron chi connectivity index (χ0n) is 13.4. The third-order valence-electron chi connectivity index (χ3n) is 3.59. The van der Waals surface area contributed by atoms with E-state index >= 15 is 0 Å². The second-order valence-corrected chi connectivity index (χ2v) is 5.64. The van der Waals surface area contributed by atoms with Crippen molar-refractivity contribution in [1.82, 2.24) is 0 Å². The van der Waals surface area contributed by atoms with E-state index in [1.165, 1.54) is 71.1 Å². The average molecular weight is 270 g/mol. The molecule has 2 heteroatoms. The lowest BCUT2D eigenvalue weighted by molar-refractivity contribution is -0.147. The number of rotatable bonds is 13. The Labute approximate surface area is 120 Å². The molecule has 0 N–H and O–H groups in total. The van der Waals surface area contributed by atoms with E-state index in [-0.39, 0.29) is 12.1 Å². The molecule has 0 heterocycles. The van der Waals surface area contributed by atoms with Gasteiger partial charge in [0, 0.05) is 6.92 Å². The molecule has 0 saturated heterocycles. The highest BCUT2D eigenvalue weighted by atomic mass is 16.5. The van der Waals surface area contributed by atoms with Gasteiger partial charge < -0.3 is 4.74 Å². The third kappa shape index (κ3) is 13.7. The molecule has 0 aromatic rings. The fraction of sp³-hybridized carbons (Fsp3) is 0.941. The van der Waals surface area contributed by atoms with Gasteiger partial charge in [0.05, 0.1) is 0 Å². The van der Waals surface area contributed by atoms with Crippen LogP contribution < -0.4 is 0 Å². The zero-order chi connectivity index (χ0) is 14.3. The summed E-state index contributed by atoms with van der Waals surface area (Å²) in [5.74, 6) is -0.119. The van der Waals surface area contributed by atoms with Gasteiger partial charge in [-0.15, -0.1) is 0 Å². The number of hydrogen-bond acceptors (Lipinski definition) is 2. The lowest BCUT2D eigenvalue weighted by Crippen LogP contribution is -2.16. The van der Waals surface area contributed by atoms with E-state index in [0.29, 0.717) is 0 Å². The van der Waals surface area contributed by atoms with Crippen LogP contribution in [0.3, 0.4) is 0 Å². The molecule has 0 aromatic heterocycles. The van der Waals surface area contributed by atoms with Crippen molar-refractivity contribution in [1.29, 1.82) is 0 Å². The van der Waals surface area contributed by atoms with Crippen LogP contribution in [-0.4, -0.2) is 12.1 Å². The molecule has 1 unspecified atom stereocenters. The Morgan fingerprint density at radius 1 is 0.789 bits per heavy atom. The Hall–Kier alpha value is -0.530. The number of ether oxygens (including phenoxy) is 1.